The maximum absolute atomic E-state index is 14.4. The fourth-order valence-electron chi connectivity index (χ4n) is 7.78. The Morgan fingerprint density at radius 3 is 2.07 bits per heavy atom. The first-order chi connectivity index (χ1) is 31.7. The SMILES string of the molecule is COCC[N+](CCCS(=O)(=O)[O-])=c1ccc2c(/C=C/C=C3/N(CCCCCC(=O)Oc4c(F)c(F)c(S(=O)(=O)[O-])c(F)c4F)c4ccc(S(=O)(=O)[O-])cc4C3(C)CCCS(=O)(=O)[O-])ccoc-2c1. The summed E-state index contributed by atoms with van der Waals surface area (Å²) >= 11 is 0. The number of halogens is 4. The Bertz CT molecular complexity index is 3090. The summed E-state index contributed by atoms with van der Waals surface area (Å²) in [5.74, 6) is -14.2. The molecule has 68 heavy (non-hydrogen) atoms. The summed E-state index contributed by atoms with van der Waals surface area (Å²) in [5, 5.41) is 0.649. The maximum Gasteiger partial charge on any atom is 0.311 e. The third-order valence-corrected chi connectivity index (χ3v) is 14.2. The van der Waals surface area contributed by atoms with Crippen molar-refractivity contribution in [2.24, 2.45) is 0 Å². The second-order valence-corrected chi connectivity index (χ2v) is 21.4. The first-order valence-electron chi connectivity index (χ1n) is 20.4. The number of carbonyl (C=O) groups is 1. The fourth-order valence-corrected chi connectivity index (χ4v) is 9.88. The third-order valence-electron chi connectivity index (χ3n) is 11.0. The van der Waals surface area contributed by atoms with Crippen LogP contribution in [0.1, 0.15) is 63.0 Å². The van der Waals surface area contributed by atoms with Crippen LogP contribution in [0.3, 0.4) is 0 Å². The van der Waals surface area contributed by atoms with Crippen molar-refractivity contribution in [3.63, 3.8) is 0 Å². The van der Waals surface area contributed by atoms with Crippen LogP contribution in [0.4, 0.5) is 23.2 Å². The van der Waals surface area contributed by atoms with Gasteiger partial charge in [-0.1, -0.05) is 18.6 Å². The molecule has 0 bridgehead atoms. The van der Waals surface area contributed by atoms with Gasteiger partial charge in [0.05, 0.1) is 37.5 Å². The van der Waals surface area contributed by atoms with E-state index in [1.54, 1.807) is 54.3 Å². The third kappa shape index (κ3) is 13.4. The minimum Gasteiger partial charge on any atom is -0.748 e. The number of allylic oxidation sites excluding steroid dienone is 3. The molecule has 0 amide bonds. The first-order valence-corrected chi connectivity index (χ1v) is 26.4. The predicted molar refractivity (Wildman–Crippen MR) is 230 cm³/mol. The second-order valence-electron chi connectivity index (χ2n) is 15.7. The number of fused-ring (bicyclic) bond motifs is 2. The van der Waals surface area contributed by atoms with E-state index in [0.29, 0.717) is 52.3 Å². The lowest BCUT2D eigenvalue weighted by Crippen LogP contribution is -2.34. The zero-order chi connectivity index (χ0) is 50.4. The molecule has 2 aromatic rings. The summed E-state index contributed by atoms with van der Waals surface area (Å²) < 4.78 is 213. The van der Waals surface area contributed by atoms with Gasteiger partial charge in [-0.25, -0.2) is 47.0 Å². The molecule has 1 aliphatic carbocycles. The van der Waals surface area contributed by atoms with Crippen LogP contribution < -0.4 is 19.6 Å². The molecular weight excluding hydrogens is 993 g/mol. The van der Waals surface area contributed by atoms with E-state index in [4.69, 9.17) is 9.15 Å². The van der Waals surface area contributed by atoms with Crippen LogP contribution in [0.25, 0.3) is 17.4 Å². The van der Waals surface area contributed by atoms with Crippen LogP contribution >= 0.6 is 0 Å². The Kier molecular flexibility index (Phi) is 17.2. The number of nitrogens with zero attached hydrogens (tertiary/aromatic N) is 2. The van der Waals surface area contributed by atoms with Crippen molar-refractivity contribution in [2.45, 2.75) is 67.1 Å². The van der Waals surface area contributed by atoms with Gasteiger partial charge in [0.2, 0.25) is 22.7 Å². The Labute approximate surface area is 389 Å². The number of hydrogen-bond donors (Lipinski definition) is 0. The van der Waals surface area contributed by atoms with E-state index in [1.165, 1.54) is 25.5 Å². The highest BCUT2D eigenvalue weighted by Crippen LogP contribution is 2.51. The average molecular weight is 1040 g/mol. The quantitative estimate of drug-likeness (QED) is 0.0202. The topological polar surface area (TPSA) is 284 Å². The molecule has 0 aromatic heterocycles. The Balaban J connectivity index is 1.46. The maximum atomic E-state index is 14.4. The smallest absolute Gasteiger partial charge is 0.311 e. The average Bonchev–Trinajstić information content (AvgIpc) is 3.46. The van der Waals surface area contributed by atoms with E-state index in [9.17, 15) is 74.2 Å². The van der Waals surface area contributed by atoms with Crippen molar-refractivity contribution in [1.29, 1.82) is 0 Å². The van der Waals surface area contributed by atoms with Crippen LogP contribution in [-0.4, -0.2) is 103 Å². The molecule has 1 atom stereocenters. The summed E-state index contributed by atoms with van der Waals surface area (Å²) in [5.41, 5.74) is 1.22. The van der Waals surface area contributed by atoms with Crippen molar-refractivity contribution in [2.75, 3.05) is 49.8 Å². The number of unbranched alkanes of at least 4 members (excludes halogenated alkanes) is 2. The minimum absolute atomic E-state index is 0.0296. The molecule has 1 unspecified atom stereocenters. The van der Waals surface area contributed by atoms with E-state index in [1.807, 2.05) is 4.58 Å². The summed E-state index contributed by atoms with van der Waals surface area (Å²) in [6.07, 6.45) is 6.08. The van der Waals surface area contributed by atoms with Gasteiger partial charge in [0.15, 0.2) is 18.2 Å². The van der Waals surface area contributed by atoms with Gasteiger partial charge in [0, 0.05) is 66.4 Å². The van der Waals surface area contributed by atoms with Gasteiger partial charge in [-0.2, -0.15) is 8.78 Å². The van der Waals surface area contributed by atoms with Gasteiger partial charge in [-0.15, -0.1) is 0 Å². The normalized spacial score (nSPS) is 16.8. The molecule has 372 valence electrons. The zero-order valence-electron chi connectivity index (χ0n) is 36.1. The molecule has 3 aliphatic rings. The van der Waals surface area contributed by atoms with Crippen molar-refractivity contribution in [3.8, 4) is 17.1 Å². The number of benzene rings is 3. The summed E-state index contributed by atoms with van der Waals surface area (Å²) in [4.78, 5) is 11.3. The largest absolute Gasteiger partial charge is 0.748 e. The summed E-state index contributed by atoms with van der Waals surface area (Å²) in [6, 6.07) is 10.6. The number of anilines is 1. The lowest BCUT2D eigenvalue weighted by Gasteiger charge is -2.31. The number of esters is 1. The molecule has 5 rings (SSSR count). The highest BCUT2D eigenvalue weighted by Gasteiger charge is 2.43. The molecular formula is C42H43F4N2O16S4-3. The highest BCUT2D eigenvalue weighted by molar-refractivity contribution is 7.86. The number of hydrogen-bond acceptors (Lipinski definition) is 17. The monoisotopic (exact) mass is 1040 g/mol. The number of ether oxygens (including phenoxy) is 2. The standard InChI is InChI=1S/C42H46F4N2O16S4/c1-42(17-7-23-65(50,51)52)31-26-29(67(56,57)58)13-15-32(31)48(19-5-3-4-11-35(49)64-40-36(43)38(45)41(68(59,60)61)39(46)37(40)44)34(42)10-6-9-27-16-21-63-33-25-28(12-14-30(27)33)47(20-22-62-2)18-8-24-66(53,54)55/h6,9-10,12-16,21,25-26H,3-5,7-8,11,17-20,22-24H2,1-2H3,(H3-,50,51,52,53,54,55,56,57,58,59,60,61)/p-3. The molecule has 26 heteroatoms. The number of carbonyl (C=O) groups excluding carboxylic acids is 1. The first kappa shape index (κ1) is 53.9. The van der Waals surface area contributed by atoms with Gasteiger partial charge in [-0.05, 0) is 80.1 Å². The van der Waals surface area contributed by atoms with Gasteiger partial charge < -0.3 is 37.0 Å². The second kappa shape index (κ2) is 21.7. The lowest BCUT2D eigenvalue weighted by molar-refractivity contribution is -0.135. The van der Waals surface area contributed by atoms with Crippen molar-refractivity contribution in [3.05, 3.63) is 106 Å². The Morgan fingerprint density at radius 1 is 0.794 bits per heavy atom. The molecule has 2 aromatic carbocycles. The van der Waals surface area contributed by atoms with Crippen molar-refractivity contribution < 1.29 is 88.1 Å². The Hall–Kier alpha value is -5.06. The summed E-state index contributed by atoms with van der Waals surface area (Å²) in [7, 11) is -18.6. The van der Waals surface area contributed by atoms with Crippen LogP contribution in [-0.2, 0) is 55.4 Å². The minimum atomic E-state index is -6.01. The predicted octanol–water partition coefficient (Wildman–Crippen LogP) is 4.27. The molecule has 2 aliphatic heterocycles. The van der Waals surface area contributed by atoms with E-state index in [2.05, 4.69) is 4.74 Å². The van der Waals surface area contributed by atoms with E-state index < -0.39 is 109 Å². The van der Waals surface area contributed by atoms with Gasteiger partial charge in [0.1, 0.15) is 44.0 Å². The molecule has 0 saturated carbocycles. The number of methoxy groups -OCH3 is 1. The fraction of sp³-hybridized carbons (Fsp3) is 0.381. The van der Waals surface area contributed by atoms with Crippen LogP contribution in [0.15, 0.2) is 80.8 Å². The lowest BCUT2D eigenvalue weighted by atomic mass is 9.77. The molecule has 2 heterocycles. The van der Waals surface area contributed by atoms with Crippen molar-refractivity contribution in [1.82, 2.24) is 4.58 Å². The zero-order valence-corrected chi connectivity index (χ0v) is 39.4. The Morgan fingerprint density at radius 2 is 1.46 bits per heavy atom. The highest BCUT2D eigenvalue weighted by atomic mass is 32.2. The van der Waals surface area contributed by atoms with E-state index >= 15 is 0 Å². The number of rotatable bonds is 22. The van der Waals surface area contributed by atoms with Gasteiger partial charge in [0.25, 0.3) is 0 Å². The van der Waals surface area contributed by atoms with Crippen LogP contribution in [0.5, 0.6) is 5.75 Å². The molecule has 0 spiro atoms. The van der Waals surface area contributed by atoms with Gasteiger partial charge in [-0.3, -0.25) is 4.79 Å². The molecule has 0 N–H and O–H groups in total. The van der Waals surface area contributed by atoms with Crippen molar-refractivity contribution >= 4 is 58.2 Å². The molecule has 0 radical (unpaired) electrons. The van der Waals surface area contributed by atoms with Crippen LogP contribution in [0, 0.1) is 23.3 Å². The van der Waals surface area contributed by atoms with E-state index in [-0.39, 0.29) is 51.6 Å². The van der Waals surface area contributed by atoms with E-state index in [0.717, 1.165) is 6.07 Å². The molecule has 0 fully saturated rings. The summed E-state index contributed by atoms with van der Waals surface area (Å²) in [6.45, 7) is 2.67. The molecule has 0 saturated heterocycles. The van der Waals surface area contributed by atoms with Gasteiger partial charge >= 0.3 is 5.97 Å². The van der Waals surface area contributed by atoms with Crippen LogP contribution in [0.2, 0.25) is 0 Å². The molecule has 18 nitrogen and oxygen atoms in total.